The molecular formula is C9H10ClF3N2O2S. The Hall–Kier alpha value is -0.830. The van der Waals surface area contributed by atoms with Crippen LogP contribution >= 0.6 is 11.6 Å². The van der Waals surface area contributed by atoms with E-state index in [1.165, 1.54) is 16.9 Å². The van der Waals surface area contributed by atoms with E-state index in [2.05, 4.69) is 0 Å². The number of nitrogens with two attached hydrogens (primary N) is 1. The van der Waals surface area contributed by atoms with Crippen LogP contribution in [-0.4, -0.2) is 21.1 Å². The molecule has 0 atom stereocenters. The standard InChI is InChI=1S/C9H10ClF3N2O2S/c10-7-2-1-6(4-14)3-8(7)18(16,17)15-5-9(11,12)13/h1-3,15H,4-5,14H2. The lowest BCUT2D eigenvalue weighted by Crippen LogP contribution is -2.34. The molecule has 4 nitrogen and oxygen atoms in total. The Labute approximate surface area is 107 Å². The van der Waals surface area contributed by atoms with Crippen LogP contribution in [0.2, 0.25) is 5.02 Å². The summed E-state index contributed by atoms with van der Waals surface area (Å²) >= 11 is 5.65. The number of nitrogens with one attached hydrogen (secondary N) is 1. The van der Waals surface area contributed by atoms with Crippen molar-refractivity contribution in [2.45, 2.75) is 17.6 Å². The minimum Gasteiger partial charge on any atom is -0.326 e. The number of hydrogen-bond acceptors (Lipinski definition) is 3. The minimum absolute atomic E-state index is 0.0545. The van der Waals surface area contributed by atoms with Gasteiger partial charge in [0.25, 0.3) is 0 Å². The molecule has 3 N–H and O–H groups in total. The van der Waals surface area contributed by atoms with Crippen LogP contribution in [0.15, 0.2) is 23.1 Å². The first-order valence-corrected chi connectivity index (χ1v) is 6.57. The van der Waals surface area contributed by atoms with Gasteiger partial charge in [0.2, 0.25) is 10.0 Å². The van der Waals surface area contributed by atoms with Gasteiger partial charge in [-0.25, -0.2) is 13.1 Å². The molecule has 0 aliphatic rings. The molecule has 0 unspecified atom stereocenters. The van der Waals surface area contributed by atoms with Crippen molar-refractivity contribution in [3.63, 3.8) is 0 Å². The zero-order valence-electron chi connectivity index (χ0n) is 8.96. The van der Waals surface area contributed by atoms with Crippen molar-refractivity contribution in [2.24, 2.45) is 5.73 Å². The summed E-state index contributed by atoms with van der Waals surface area (Å²) in [6, 6.07) is 3.90. The van der Waals surface area contributed by atoms with Gasteiger partial charge in [-0.2, -0.15) is 13.2 Å². The molecule has 0 fully saturated rings. The number of rotatable bonds is 4. The van der Waals surface area contributed by atoms with Gasteiger partial charge in [-0.05, 0) is 17.7 Å². The van der Waals surface area contributed by atoms with Gasteiger partial charge in [-0.15, -0.1) is 0 Å². The molecular weight excluding hydrogens is 293 g/mol. The van der Waals surface area contributed by atoms with Crippen LogP contribution in [0.25, 0.3) is 0 Å². The van der Waals surface area contributed by atoms with Crippen molar-refractivity contribution in [1.82, 2.24) is 4.72 Å². The van der Waals surface area contributed by atoms with E-state index < -0.39 is 27.6 Å². The zero-order chi connectivity index (χ0) is 14.0. The molecule has 18 heavy (non-hydrogen) atoms. The zero-order valence-corrected chi connectivity index (χ0v) is 10.5. The van der Waals surface area contributed by atoms with Crippen LogP contribution < -0.4 is 10.5 Å². The number of halogens is 4. The van der Waals surface area contributed by atoms with Crippen molar-refractivity contribution in [1.29, 1.82) is 0 Å². The predicted octanol–water partition coefficient (Wildman–Crippen LogP) is 1.64. The maximum absolute atomic E-state index is 12.0. The Morgan fingerprint density at radius 3 is 2.44 bits per heavy atom. The maximum Gasteiger partial charge on any atom is 0.402 e. The molecule has 1 rings (SSSR count). The first-order chi connectivity index (χ1) is 8.15. The van der Waals surface area contributed by atoms with Crippen LogP contribution in [0.1, 0.15) is 5.56 Å². The van der Waals surface area contributed by atoms with E-state index in [4.69, 9.17) is 17.3 Å². The molecule has 0 heterocycles. The van der Waals surface area contributed by atoms with E-state index >= 15 is 0 Å². The average Bonchev–Trinajstić information content (AvgIpc) is 2.26. The first-order valence-electron chi connectivity index (χ1n) is 4.70. The highest BCUT2D eigenvalue weighted by atomic mass is 35.5. The van der Waals surface area contributed by atoms with Gasteiger partial charge < -0.3 is 5.73 Å². The Bertz CT molecular complexity index is 531. The number of sulfonamides is 1. The van der Waals surface area contributed by atoms with Gasteiger partial charge in [0.05, 0.1) is 5.02 Å². The maximum atomic E-state index is 12.0. The Kier molecular flexibility index (Phi) is 4.60. The summed E-state index contributed by atoms with van der Waals surface area (Å²) in [6.07, 6.45) is -4.63. The van der Waals surface area contributed by atoms with Crippen molar-refractivity contribution in [2.75, 3.05) is 6.54 Å². The third-order valence-electron chi connectivity index (χ3n) is 1.98. The molecule has 0 aromatic heterocycles. The molecule has 102 valence electrons. The number of hydrogen-bond donors (Lipinski definition) is 2. The van der Waals surface area contributed by atoms with Crippen LogP contribution in [0, 0.1) is 0 Å². The van der Waals surface area contributed by atoms with Gasteiger partial charge in [0.15, 0.2) is 0 Å². The molecule has 0 aliphatic carbocycles. The van der Waals surface area contributed by atoms with E-state index in [0.29, 0.717) is 5.56 Å². The van der Waals surface area contributed by atoms with Gasteiger partial charge in [-0.3, -0.25) is 0 Å². The predicted molar refractivity (Wildman–Crippen MR) is 60.6 cm³/mol. The summed E-state index contributed by atoms with van der Waals surface area (Å²) in [5.74, 6) is 0. The Balaban J connectivity index is 3.05. The summed E-state index contributed by atoms with van der Waals surface area (Å²) < 4.78 is 60.6. The Morgan fingerprint density at radius 2 is 1.94 bits per heavy atom. The highest BCUT2D eigenvalue weighted by Crippen LogP contribution is 2.23. The molecule has 0 spiro atoms. The SMILES string of the molecule is NCc1ccc(Cl)c(S(=O)(=O)NCC(F)(F)F)c1. The van der Waals surface area contributed by atoms with Crippen LogP contribution in [-0.2, 0) is 16.6 Å². The summed E-state index contributed by atoms with van der Waals surface area (Å²) in [4.78, 5) is -0.420. The molecule has 0 saturated carbocycles. The molecule has 0 amide bonds. The first kappa shape index (κ1) is 15.2. The van der Waals surface area contributed by atoms with Crippen molar-refractivity contribution in [3.05, 3.63) is 28.8 Å². The van der Waals surface area contributed by atoms with Gasteiger partial charge in [0.1, 0.15) is 11.4 Å². The molecule has 9 heteroatoms. The lowest BCUT2D eigenvalue weighted by atomic mass is 10.2. The lowest BCUT2D eigenvalue weighted by molar-refractivity contribution is -0.121. The van der Waals surface area contributed by atoms with E-state index in [1.54, 1.807) is 0 Å². The number of alkyl halides is 3. The summed E-state index contributed by atoms with van der Waals surface area (Å²) in [7, 11) is -4.31. The normalized spacial score (nSPS) is 12.7. The second-order valence-electron chi connectivity index (χ2n) is 3.41. The van der Waals surface area contributed by atoms with Crippen LogP contribution in [0.3, 0.4) is 0 Å². The van der Waals surface area contributed by atoms with Crippen molar-refractivity contribution in [3.8, 4) is 0 Å². The van der Waals surface area contributed by atoms with Crippen LogP contribution in [0.5, 0.6) is 0 Å². The summed E-state index contributed by atoms with van der Waals surface area (Å²) in [5.41, 5.74) is 5.77. The Morgan fingerprint density at radius 1 is 1.33 bits per heavy atom. The smallest absolute Gasteiger partial charge is 0.326 e. The largest absolute Gasteiger partial charge is 0.402 e. The monoisotopic (exact) mass is 302 g/mol. The fourth-order valence-corrected chi connectivity index (χ4v) is 2.70. The molecule has 1 aromatic rings. The fourth-order valence-electron chi connectivity index (χ4n) is 1.14. The highest BCUT2D eigenvalue weighted by molar-refractivity contribution is 7.89. The fraction of sp³-hybridized carbons (Fsp3) is 0.333. The summed E-state index contributed by atoms with van der Waals surface area (Å²) in [6.45, 7) is -1.60. The highest BCUT2D eigenvalue weighted by Gasteiger charge is 2.30. The lowest BCUT2D eigenvalue weighted by Gasteiger charge is -2.11. The van der Waals surface area contributed by atoms with Crippen molar-refractivity contribution >= 4 is 21.6 Å². The van der Waals surface area contributed by atoms with Gasteiger partial charge >= 0.3 is 6.18 Å². The van der Waals surface area contributed by atoms with E-state index in [9.17, 15) is 21.6 Å². The van der Waals surface area contributed by atoms with E-state index in [0.717, 1.165) is 6.07 Å². The molecule has 0 radical (unpaired) electrons. The quantitative estimate of drug-likeness (QED) is 0.888. The molecule has 1 aromatic carbocycles. The van der Waals surface area contributed by atoms with Gasteiger partial charge in [0, 0.05) is 6.54 Å². The third-order valence-corrected chi connectivity index (χ3v) is 3.87. The van der Waals surface area contributed by atoms with Gasteiger partial charge in [-0.1, -0.05) is 17.7 Å². The third kappa shape index (κ3) is 4.13. The molecule has 0 aliphatic heterocycles. The average molecular weight is 303 g/mol. The topological polar surface area (TPSA) is 72.2 Å². The van der Waals surface area contributed by atoms with E-state index in [-0.39, 0.29) is 11.6 Å². The molecule has 0 bridgehead atoms. The van der Waals surface area contributed by atoms with E-state index in [1.807, 2.05) is 0 Å². The minimum atomic E-state index is -4.63. The van der Waals surface area contributed by atoms with Crippen LogP contribution in [0.4, 0.5) is 13.2 Å². The summed E-state index contributed by atoms with van der Waals surface area (Å²) in [5, 5.41) is -0.165. The second kappa shape index (κ2) is 5.43. The number of benzene rings is 1. The van der Waals surface area contributed by atoms with Crippen molar-refractivity contribution < 1.29 is 21.6 Å². The molecule has 0 saturated heterocycles. The second-order valence-corrected chi connectivity index (χ2v) is 5.55.